The van der Waals surface area contributed by atoms with Crippen molar-refractivity contribution in [3.8, 4) is 0 Å². The smallest absolute Gasteiger partial charge is 0.0928 e. The Labute approximate surface area is 183 Å². The first-order chi connectivity index (χ1) is 14.1. The van der Waals surface area contributed by atoms with Gasteiger partial charge in [-0.25, -0.2) is 0 Å². The van der Waals surface area contributed by atoms with E-state index in [0.29, 0.717) is 0 Å². The van der Waals surface area contributed by atoms with Crippen molar-refractivity contribution in [3.63, 3.8) is 0 Å². The van der Waals surface area contributed by atoms with E-state index in [9.17, 15) is 0 Å². The van der Waals surface area contributed by atoms with Crippen LogP contribution in [0.1, 0.15) is 77.0 Å². The molecule has 1 fully saturated rings. The van der Waals surface area contributed by atoms with Crippen LogP contribution in [-0.2, 0) is 0 Å². The van der Waals surface area contributed by atoms with Gasteiger partial charge in [0.15, 0.2) is 0 Å². The first-order valence-electron chi connectivity index (χ1n) is 11.0. The molecule has 1 N–H and O–H groups in total. The molecule has 1 aromatic carbocycles. The number of aryl methyl sites for hydroxylation is 1. The summed E-state index contributed by atoms with van der Waals surface area (Å²) in [5.74, 6) is 0.734. The van der Waals surface area contributed by atoms with Crippen molar-refractivity contribution in [1.29, 1.82) is 0 Å². The number of nitrogens with one attached hydrogen (secondary N) is 1. The number of allylic oxidation sites excluding steroid dienone is 5. The lowest BCUT2D eigenvalue weighted by Crippen LogP contribution is -2.57. The fraction of sp³-hybridized carbons (Fsp3) is 0.481. The van der Waals surface area contributed by atoms with Crippen LogP contribution in [0.25, 0.3) is 5.57 Å². The second-order valence-electron chi connectivity index (χ2n) is 9.75. The fourth-order valence-electron chi connectivity index (χ4n) is 5.05. The zero-order chi connectivity index (χ0) is 22.4. The SMILES string of the molecule is C=C/C(=C\C)c1ccc(C(/C=C\CCC2CC(C)(C)NC(C)(C)C2)=N/N=C)c(C)c1. The minimum absolute atomic E-state index is 0.200. The van der Waals surface area contributed by atoms with Gasteiger partial charge in [-0.3, -0.25) is 0 Å². The Balaban J connectivity index is 2.09. The van der Waals surface area contributed by atoms with Gasteiger partial charge in [0.1, 0.15) is 0 Å². The van der Waals surface area contributed by atoms with Crippen molar-refractivity contribution in [2.24, 2.45) is 16.1 Å². The molecule has 2 rings (SSSR count). The summed E-state index contributed by atoms with van der Waals surface area (Å²) < 4.78 is 0. The van der Waals surface area contributed by atoms with E-state index in [1.54, 1.807) is 0 Å². The number of benzene rings is 1. The number of hydrogen-bond acceptors (Lipinski definition) is 3. The molecule has 0 unspecified atom stereocenters. The van der Waals surface area contributed by atoms with Gasteiger partial charge in [0.25, 0.3) is 0 Å². The Kier molecular flexibility index (Phi) is 8.14. The molecule has 0 saturated carbocycles. The molecule has 1 aliphatic rings. The minimum atomic E-state index is 0.200. The minimum Gasteiger partial charge on any atom is -0.307 e. The van der Waals surface area contributed by atoms with Crippen LogP contribution in [0, 0.1) is 12.8 Å². The number of rotatable bonds is 8. The third-order valence-corrected chi connectivity index (χ3v) is 5.84. The van der Waals surface area contributed by atoms with E-state index in [-0.39, 0.29) is 11.1 Å². The van der Waals surface area contributed by atoms with Gasteiger partial charge < -0.3 is 5.32 Å². The van der Waals surface area contributed by atoms with Crippen LogP contribution in [0.4, 0.5) is 0 Å². The standard InChI is InChI=1S/C27H39N3/c1-9-22(10-2)23-15-16-24(20(3)17-23)25(29-28-8)14-12-11-13-21-18-26(4,5)30-27(6,7)19-21/h9-10,12,14-17,21,30H,1,8,11,13,18-19H2,2-7H3/b14-12-,22-10+,29-25+. The number of hydrogen-bond donors (Lipinski definition) is 1. The molecular formula is C27H39N3. The summed E-state index contributed by atoms with van der Waals surface area (Å²) in [6.45, 7) is 20.9. The number of piperidine rings is 1. The Bertz CT molecular complexity index is 837. The Morgan fingerprint density at radius 1 is 1.20 bits per heavy atom. The maximum atomic E-state index is 4.30. The Hall–Kier alpha value is -2.26. The molecule has 1 heterocycles. The van der Waals surface area contributed by atoms with E-state index in [1.165, 1.54) is 30.4 Å². The Morgan fingerprint density at radius 3 is 2.40 bits per heavy atom. The summed E-state index contributed by atoms with van der Waals surface area (Å²) in [6, 6.07) is 6.41. The molecule has 30 heavy (non-hydrogen) atoms. The highest BCUT2D eigenvalue weighted by Crippen LogP contribution is 2.35. The Morgan fingerprint density at radius 2 is 1.87 bits per heavy atom. The molecule has 1 aliphatic heterocycles. The second-order valence-corrected chi connectivity index (χ2v) is 9.75. The predicted octanol–water partition coefficient (Wildman–Crippen LogP) is 6.88. The maximum absolute atomic E-state index is 4.30. The first kappa shape index (κ1) is 24.0. The van der Waals surface area contributed by atoms with Gasteiger partial charge in [-0.15, -0.1) is 0 Å². The van der Waals surface area contributed by atoms with E-state index < -0.39 is 0 Å². The zero-order valence-electron chi connectivity index (χ0n) is 19.8. The molecule has 3 nitrogen and oxygen atoms in total. The molecule has 0 atom stereocenters. The summed E-state index contributed by atoms with van der Waals surface area (Å²) in [5.41, 5.74) is 5.82. The van der Waals surface area contributed by atoms with Crippen molar-refractivity contribution < 1.29 is 0 Å². The molecule has 1 saturated heterocycles. The molecule has 0 aromatic heterocycles. The third kappa shape index (κ3) is 6.63. The van der Waals surface area contributed by atoms with Crippen molar-refractivity contribution in [3.05, 3.63) is 65.8 Å². The summed E-state index contributed by atoms with van der Waals surface area (Å²) in [5, 5.41) is 11.9. The molecule has 0 amide bonds. The van der Waals surface area contributed by atoms with Gasteiger partial charge in [-0.2, -0.15) is 10.2 Å². The third-order valence-electron chi connectivity index (χ3n) is 5.84. The quantitative estimate of drug-likeness (QED) is 0.285. The summed E-state index contributed by atoms with van der Waals surface area (Å²) in [4.78, 5) is 0. The van der Waals surface area contributed by atoms with Gasteiger partial charge in [-0.1, -0.05) is 43.0 Å². The molecule has 0 aliphatic carbocycles. The highest BCUT2D eigenvalue weighted by atomic mass is 15.2. The average molecular weight is 406 g/mol. The van der Waals surface area contributed by atoms with Crippen LogP contribution in [0.5, 0.6) is 0 Å². The second kappa shape index (κ2) is 10.2. The maximum Gasteiger partial charge on any atom is 0.0928 e. The van der Waals surface area contributed by atoms with Crippen molar-refractivity contribution in [2.75, 3.05) is 0 Å². The van der Waals surface area contributed by atoms with Gasteiger partial charge in [0, 0.05) is 23.4 Å². The molecule has 3 heteroatoms. The zero-order valence-corrected chi connectivity index (χ0v) is 19.8. The highest BCUT2D eigenvalue weighted by molar-refractivity contribution is 6.09. The largest absolute Gasteiger partial charge is 0.307 e. The molecular weight excluding hydrogens is 366 g/mol. The fourth-order valence-corrected chi connectivity index (χ4v) is 5.05. The van der Waals surface area contributed by atoms with Crippen LogP contribution in [0.15, 0.2) is 59.3 Å². The lowest BCUT2D eigenvalue weighted by molar-refractivity contribution is 0.124. The molecule has 0 bridgehead atoms. The van der Waals surface area contributed by atoms with Crippen LogP contribution >= 0.6 is 0 Å². The first-order valence-corrected chi connectivity index (χ1v) is 11.0. The summed E-state index contributed by atoms with van der Waals surface area (Å²) in [6.07, 6.45) is 13.0. The van der Waals surface area contributed by atoms with Crippen LogP contribution in [0.3, 0.4) is 0 Å². The van der Waals surface area contributed by atoms with E-state index in [4.69, 9.17) is 0 Å². The van der Waals surface area contributed by atoms with Gasteiger partial charge >= 0.3 is 0 Å². The normalized spacial score (nSPS) is 19.8. The van der Waals surface area contributed by atoms with Crippen LogP contribution in [-0.4, -0.2) is 23.5 Å². The molecule has 1 aromatic rings. The molecule has 162 valence electrons. The van der Waals surface area contributed by atoms with E-state index in [1.807, 2.05) is 13.0 Å². The van der Waals surface area contributed by atoms with Gasteiger partial charge in [0.05, 0.1) is 5.71 Å². The predicted molar refractivity (Wildman–Crippen MR) is 134 cm³/mol. The van der Waals surface area contributed by atoms with Crippen LogP contribution in [0.2, 0.25) is 0 Å². The van der Waals surface area contributed by atoms with Crippen molar-refractivity contribution in [2.45, 2.75) is 78.3 Å². The van der Waals surface area contributed by atoms with E-state index >= 15 is 0 Å². The lowest BCUT2D eigenvalue weighted by Gasteiger charge is -2.46. The average Bonchev–Trinajstić information content (AvgIpc) is 2.63. The highest BCUT2D eigenvalue weighted by Gasteiger charge is 2.36. The lowest BCUT2D eigenvalue weighted by atomic mass is 9.74. The summed E-state index contributed by atoms with van der Waals surface area (Å²) in [7, 11) is 0. The monoisotopic (exact) mass is 405 g/mol. The van der Waals surface area contributed by atoms with E-state index in [2.05, 4.69) is 99.9 Å². The van der Waals surface area contributed by atoms with Crippen molar-refractivity contribution >= 4 is 18.0 Å². The number of nitrogens with zero attached hydrogens (tertiary/aromatic N) is 2. The molecule has 0 spiro atoms. The topological polar surface area (TPSA) is 36.8 Å². The summed E-state index contributed by atoms with van der Waals surface area (Å²) >= 11 is 0. The van der Waals surface area contributed by atoms with Crippen LogP contribution < -0.4 is 5.32 Å². The van der Waals surface area contributed by atoms with Gasteiger partial charge in [0.2, 0.25) is 0 Å². The van der Waals surface area contributed by atoms with Gasteiger partial charge in [-0.05, 0) is 95.9 Å². The molecule has 0 radical (unpaired) electrons. The van der Waals surface area contributed by atoms with E-state index in [0.717, 1.165) is 29.2 Å². The van der Waals surface area contributed by atoms with Crippen molar-refractivity contribution in [1.82, 2.24) is 5.32 Å².